The molecule has 1 rings (SSSR count). The van der Waals surface area contributed by atoms with Gasteiger partial charge in [-0.2, -0.15) is 0 Å². The van der Waals surface area contributed by atoms with E-state index < -0.39 is 0 Å². The smallest absolute Gasteiger partial charge is 0.0409 e. The maximum Gasteiger partial charge on any atom is 0.0409 e. The molecule has 1 unspecified atom stereocenters. The average Bonchev–Trinajstić information content (AvgIpc) is 2.37. The lowest BCUT2D eigenvalue weighted by molar-refractivity contribution is 0.243. The van der Waals surface area contributed by atoms with E-state index in [0.29, 0.717) is 6.04 Å². The van der Waals surface area contributed by atoms with Crippen LogP contribution in [0.4, 0.5) is 0 Å². The normalized spacial score (nSPS) is 13.2. The predicted molar refractivity (Wildman–Crippen MR) is 84.8 cm³/mol. The van der Waals surface area contributed by atoms with Crippen molar-refractivity contribution in [1.82, 2.24) is 10.2 Å². The van der Waals surface area contributed by atoms with Gasteiger partial charge in [0.15, 0.2) is 0 Å². The van der Waals surface area contributed by atoms with E-state index >= 15 is 0 Å². The first-order valence-corrected chi connectivity index (χ1v) is 7.59. The summed E-state index contributed by atoms with van der Waals surface area (Å²) in [7, 11) is 2.02. The summed E-state index contributed by atoms with van der Waals surface area (Å²) in [6.07, 6.45) is 1.11. The molecule has 0 saturated carbocycles. The second-order valence-corrected chi connectivity index (χ2v) is 5.91. The highest BCUT2D eigenvalue weighted by molar-refractivity contribution is 6.30. The summed E-state index contributed by atoms with van der Waals surface area (Å²) in [6, 6.07) is 8.52. The van der Waals surface area contributed by atoms with Crippen LogP contribution in [-0.4, -0.2) is 31.6 Å². The fraction of sp³-hybridized carbons (Fsp3) is 0.625. The summed E-state index contributed by atoms with van der Waals surface area (Å²) in [5.74, 6) is 0.721. The molecule has 0 radical (unpaired) electrons. The van der Waals surface area contributed by atoms with Gasteiger partial charge in [-0.25, -0.2) is 0 Å². The Balaban J connectivity index is 2.57. The van der Waals surface area contributed by atoms with Crippen molar-refractivity contribution in [2.24, 2.45) is 5.92 Å². The summed E-state index contributed by atoms with van der Waals surface area (Å²) in [6.45, 7) is 10.2. The van der Waals surface area contributed by atoms with E-state index in [4.69, 9.17) is 11.6 Å². The van der Waals surface area contributed by atoms with Gasteiger partial charge in [0.25, 0.3) is 0 Å². The molecule has 1 aromatic carbocycles. The van der Waals surface area contributed by atoms with Crippen LogP contribution in [0, 0.1) is 5.92 Å². The Morgan fingerprint density at radius 1 is 1.32 bits per heavy atom. The molecule has 1 aromatic rings. The van der Waals surface area contributed by atoms with Gasteiger partial charge in [-0.15, -0.1) is 0 Å². The van der Waals surface area contributed by atoms with Gasteiger partial charge < -0.3 is 10.2 Å². The molecule has 19 heavy (non-hydrogen) atoms. The first-order valence-electron chi connectivity index (χ1n) is 7.21. The quantitative estimate of drug-likeness (QED) is 0.776. The number of benzene rings is 1. The molecule has 1 atom stereocenters. The summed E-state index contributed by atoms with van der Waals surface area (Å²) < 4.78 is 0. The third kappa shape index (κ3) is 5.94. The van der Waals surface area contributed by atoms with E-state index in [1.54, 1.807) is 0 Å². The molecule has 0 aliphatic heterocycles. The molecule has 1 N–H and O–H groups in total. The number of rotatable bonds is 8. The van der Waals surface area contributed by atoms with Crippen molar-refractivity contribution in [2.75, 3.05) is 26.7 Å². The Labute approximate surface area is 123 Å². The predicted octanol–water partition coefficient (Wildman–Crippen LogP) is 3.97. The lowest BCUT2D eigenvalue weighted by Gasteiger charge is -2.25. The van der Waals surface area contributed by atoms with Crippen LogP contribution in [0.25, 0.3) is 0 Å². The Kier molecular flexibility index (Phi) is 7.44. The molecule has 0 saturated heterocycles. The second kappa shape index (κ2) is 8.57. The van der Waals surface area contributed by atoms with E-state index in [2.05, 4.69) is 43.1 Å². The van der Waals surface area contributed by atoms with Crippen LogP contribution in [0.15, 0.2) is 24.3 Å². The molecule has 0 amide bonds. The summed E-state index contributed by atoms with van der Waals surface area (Å²) in [5, 5.41) is 4.21. The standard InChI is InChI=1S/C16H27ClN2/c1-5-19(12-13(2)3)10-9-16(18-4)14-7-6-8-15(17)11-14/h6-8,11,13,16,18H,5,9-10,12H2,1-4H3. The van der Waals surface area contributed by atoms with Crippen LogP contribution in [0.1, 0.15) is 38.8 Å². The van der Waals surface area contributed by atoms with Crippen LogP contribution in [-0.2, 0) is 0 Å². The highest BCUT2D eigenvalue weighted by atomic mass is 35.5. The zero-order chi connectivity index (χ0) is 14.3. The van der Waals surface area contributed by atoms with Gasteiger partial charge in [-0.05, 0) is 50.2 Å². The monoisotopic (exact) mass is 282 g/mol. The Bertz CT molecular complexity index is 366. The van der Waals surface area contributed by atoms with Gasteiger partial charge in [-0.3, -0.25) is 0 Å². The molecule has 3 heteroatoms. The molecule has 0 heterocycles. The molecule has 0 aromatic heterocycles. The zero-order valence-electron chi connectivity index (χ0n) is 12.6. The summed E-state index contributed by atoms with van der Waals surface area (Å²) in [5.41, 5.74) is 1.27. The topological polar surface area (TPSA) is 15.3 Å². The molecule has 0 aliphatic carbocycles. The average molecular weight is 283 g/mol. The fourth-order valence-corrected chi connectivity index (χ4v) is 2.61. The van der Waals surface area contributed by atoms with Crippen molar-refractivity contribution in [2.45, 2.75) is 33.2 Å². The Morgan fingerprint density at radius 3 is 2.58 bits per heavy atom. The molecular formula is C16H27ClN2. The van der Waals surface area contributed by atoms with Crippen LogP contribution in [0.5, 0.6) is 0 Å². The Morgan fingerprint density at radius 2 is 2.05 bits per heavy atom. The first kappa shape index (κ1) is 16.5. The van der Waals surface area contributed by atoms with Crippen molar-refractivity contribution in [1.29, 1.82) is 0 Å². The van der Waals surface area contributed by atoms with Crippen molar-refractivity contribution in [3.8, 4) is 0 Å². The summed E-state index contributed by atoms with van der Waals surface area (Å²) >= 11 is 6.07. The van der Waals surface area contributed by atoms with E-state index in [1.807, 2.05) is 19.2 Å². The minimum atomic E-state index is 0.375. The fourth-order valence-electron chi connectivity index (χ4n) is 2.41. The van der Waals surface area contributed by atoms with Crippen molar-refractivity contribution in [3.63, 3.8) is 0 Å². The van der Waals surface area contributed by atoms with Gasteiger partial charge in [0.2, 0.25) is 0 Å². The maximum atomic E-state index is 6.07. The molecule has 0 spiro atoms. The van der Waals surface area contributed by atoms with Crippen LogP contribution in [0.2, 0.25) is 5.02 Å². The highest BCUT2D eigenvalue weighted by Gasteiger charge is 2.12. The second-order valence-electron chi connectivity index (χ2n) is 5.47. The van der Waals surface area contributed by atoms with Crippen molar-refractivity contribution < 1.29 is 0 Å². The largest absolute Gasteiger partial charge is 0.313 e. The lowest BCUT2D eigenvalue weighted by Crippen LogP contribution is -2.31. The third-order valence-corrected chi connectivity index (χ3v) is 3.64. The van der Waals surface area contributed by atoms with Gasteiger partial charge in [-0.1, -0.05) is 44.5 Å². The molecule has 0 fully saturated rings. The minimum Gasteiger partial charge on any atom is -0.313 e. The number of nitrogens with zero attached hydrogens (tertiary/aromatic N) is 1. The number of hydrogen-bond acceptors (Lipinski definition) is 2. The summed E-state index contributed by atoms with van der Waals surface area (Å²) in [4.78, 5) is 2.51. The minimum absolute atomic E-state index is 0.375. The van der Waals surface area contributed by atoms with E-state index in [-0.39, 0.29) is 0 Å². The van der Waals surface area contributed by atoms with Crippen LogP contribution < -0.4 is 5.32 Å². The van der Waals surface area contributed by atoms with E-state index in [1.165, 1.54) is 12.1 Å². The molecular weight excluding hydrogens is 256 g/mol. The van der Waals surface area contributed by atoms with Crippen molar-refractivity contribution >= 4 is 11.6 Å². The van der Waals surface area contributed by atoms with Gasteiger partial charge in [0.05, 0.1) is 0 Å². The molecule has 108 valence electrons. The van der Waals surface area contributed by atoms with Gasteiger partial charge in [0.1, 0.15) is 0 Å². The molecule has 0 aliphatic rings. The SMILES string of the molecule is CCN(CCC(NC)c1cccc(Cl)c1)CC(C)C. The van der Waals surface area contributed by atoms with E-state index in [0.717, 1.165) is 30.5 Å². The van der Waals surface area contributed by atoms with Gasteiger partial charge >= 0.3 is 0 Å². The van der Waals surface area contributed by atoms with E-state index in [9.17, 15) is 0 Å². The van der Waals surface area contributed by atoms with Gasteiger partial charge in [0, 0.05) is 17.6 Å². The van der Waals surface area contributed by atoms with Crippen LogP contribution >= 0.6 is 11.6 Å². The maximum absolute atomic E-state index is 6.07. The highest BCUT2D eigenvalue weighted by Crippen LogP contribution is 2.20. The Hall–Kier alpha value is -0.570. The zero-order valence-corrected chi connectivity index (χ0v) is 13.4. The number of nitrogens with one attached hydrogen (secondary N) is 1. The van der Waals surface area contributed by atoms with Crippen molar-refractivity contribution in [3.05, 3.63) is 34.9 Å². The third-order valence-electron chi connectivity index (χ3n) is 3.40. The number of hydrogen-bond donors (Lipinski definition) is 1. The molecule has 2 nitrogen and oxygen atoms in total. The van der Waals surface area contributed by atoms with Crippen LogP contribution in [0.3, 0.4) is 0 Å². The number of halogens is 1. The molecule has 0 bridgehead atoms. The first-order chi connectivity index (χ1) is 9.06. The lowest BCUT2D eigenvalue weighted by atomic mass is 10.0.